The van der Waals surface area contributed by atoms with E-state index in [1.807, 2.05) is 6.20 Å². The summed E-state index contributed by atoms with van der Waals surface area (Å²) >= 11 is 0. The summed E-state index contributed by atoms with van der Waals surface area (Å²) in [6.45, 7) is 4.16. The summed E-state index contributed by atoms with van der Waals surface area (Å²) in [6.07, 6.45) is 4.19. The Hall–Kier alpha value is -2.77. The number of nitrogens with two attached hydrogens (primary N) is 1. The number of aromatic nitrogens is 3. The first-order valence-corrected chi connectivity index (χ1v) is 9.71. The molecule has 0 amide bonds. The first kappa shape index (κ1) is 16.7. The molecule has 0 saturated heterocycles. The highest BCUT2D eigenvalue weighted by molar-refractivity contribution is 7.89. The lowest BCUT2D eigenvalue weighted by atomic mass is 10.0. The zero-order valence-corrected chi connectivity index (χ0v) is 15.3. The second-order valence-corrected chi connectivity index (χ2v) is 8.09. The molecule has 0 radical (unpaired) electrons. The van der Waals surface area contributed by atoms with Crippen LogP contribution in [0.5, 0.6) is 0 Å². The van der Waals surface area contributed by atoms with E-state index >= 15 is 0 Å². The molecule has 0 fully saturated rings. The average molecular weight is 366 g/mol. The van der Waals surface area contributed by atoms with Crippen molar-refractivity contribution in [1.29, 1.82) is 0 Å². The summed E-state index contributed by atoms with van der Waals surface area (Å²) in [5, 5.41) is 10.6. The van der Waals surface area contributed by atoms with Gasteiger partial charge in [-0.2, -0.15) is 5.10 Å². The number of nitrogens with zero attached hydrogens (tertiary/aromatic N) is 3. The number of sulfonamides is 1. The molecule has 4 rings (SSSR count). The number of hydrogen-bond acceptors (Lipinski definition) is 4. The van der Waals surface area contributed by atoms with Crippen molar-refractivity contribution in [2.45, 2.75) is 25.2 Å². The summed E-state index contributed by atoms with van der Waals surface area (Å²) in [4.78, 5) is 4.60. The molecular formula is C19H18N4O2S. The molecule has 2 aromatic heterocycles. The number of aryl methyl sites for hydroxylation is 2. The third-order valence-electron chi connectivity index (χ3n) is 4.69. The normalized spacial score (nSPS) is 12.1. The highest BCUT2D eigenvalue weighted by atomic mass is 32.2. The largest absolute Gasteiger partial charge is 0.238 e. The van der Waals surface area contributed by atoms with Crippen LogP contribution in [-0.4, -0.2) is 23.0 Å². The molecule has 0 saturated carbocycles. The highest BCUT2D eigenvalue weighted by Gasteiger charge is 2.12. The van der Waals surface area contributed by atoms with Crippen LogP contribution in [0, 0.1) is 13.8 Å². The first-order chi connectivity index (χ1) is 12.3. The molecule has 0 aliphatic heterocycles. The monoisotopic (exact) mass is 366 g/mol. The SMILES string of the molecule is Cc1cc2ncn3ncc(Cc4ccc(S(N)(=O)=O)cc4)c3c2cc1C. The van der Waals surface area contributed by atoms with E-state index in [1.165, 1.54) is 23.3 Å². The average Bonchev–Trinajstić information content (AvgIpc) is 2.99. The summed E-state index contributed by atoms with van der Waals surface area (Å²) < 4.78 is 24.6. The molecule has 0 bridgehead atoms. The summed E-state index contributed by atoms with van der Waals surface area (Å²) in [5.41, 5.74) is 6.41. The fourth-order valence-electron chi connectivity index (χ4n) is 3.14. The molecule has 2 N–H and O–H groups in total. The molecule has 0 aliphatic rings. The second-order valence-electron chi connectivity index (χ2n) is 6.53. The molecule has 0 spiro atoms. The van der Waals surface area contributed by atoms with E-state index in [2.05, 4.69) is 36.1 Å². The van der Waals surface area contributed by atoms with Gasteiger partial charge in [-0.15, -0.1) is 0 Å². The van der Waals surface area contributed by atoms with Gasteiger partial charge in [0, 0.05) is 17.4 Å². The minimum absolute atomic E-state index is 0.113. The Morgan fingerprint density at radius 3 is 2.46 bits per heavy atom. The van der Waals surface area contributed by atoms with Crippen molar-refractivity contribution in [3.05, 3.63) is 71.2 Å². The Balaban J connectivity index is 1.82. The quantitative estimate of drug-likeness (QED) is 0.604. The van der Waals surface area contributed by atoms with Gasteiger partial charge in [0.25, 0.3) is 0 Å². The predicted molar refractivity (Wildman–Crippen MR) is 101 cm³/mol. The summed E-state index contributed by atoms with van der Waals surface area (Å²) in [5.74, 6) is 0. The van der Waals surface area contributed by atoms with Crippen molar-refractivity contribution in [1.82, 2.24) is 14.6 Å². The third-order valence-corrected chi connectivity index (χ3v) is 5.62. The van der Waals surface area contributed by atoms with Crippen LogP contribution in [0.25, 0.3) is 16.4 Å². The molecule has 0 aliphatic carbocycles. The number of primary sulfonamides is 1. The van der Waals surface area contributed by atoms with Gasteiger partial charge in [0.2, 0.25) is 10.0 Å². The molecule has 0 unspecified atom stereocenters. The van der Waals surface area contributed by atoms with Crippen molar-refractivity contribution in [2.24, 2.45) is 5.14 Å². The Morgan fingerprint density at radius 2 is 1.77 bits per heavy atom. The molecule has 6 nitrogen and oxygen atoms in total. The maximum Gasteiger partial charge on any atom is 0.238 e. The van der Waals surface area contributed by atoms with Gasteiger partial charge >= 0.3 is 0 Å². The Kier molecular flexibility index (Phi) is 3.78. The van der Waals surface area contributed by atoms with Crippen LogP contribution in [0.4, 0.5) is 0 Å². The maximum atomic E-state index is 11.4. The smallest absolute Gasteiger partial charge is 0.236 e. The van der Waals surface area contributed by atoms with Crippen LogP contribution >= 0.6 is 0 Å². The molecule has 2 heterocycles. The second kappa shape index (κ2) is 5.89. The van der Waals surface area contributed by atoms with Crippen molar-refractivity contribution >= 4 is 26.4 Å². The lowest BCUT2D eigenvalue weighted by molar-refractivity contribution is 0.598. The Labute approximate surface area is 151 Å². The number of hydrogen-bond donors (Lipinski definition) is 1. The summed E-state index contributed by atoms with van der Waals surface area (Å²) in [6, 6.07) is 10.8. The van der Waals surface area contributed by atoms with Gasteiger partial charge < -0.3 is 0 Å². The van der Waals surface area contributed by atoms with Crippen molar-refractivity contribution in [3.8, 4) is 0 Å². The van der Waals surface area contributed by atoms with E-state index in [-0.39, 0.29) is 4.90 Å². The molecule has 7 heteroatoms. The standard InChI is InChI=1S/C19H18N4O2S/c1-12-7-17-18(8-13(12)2)21-11-23-19(17)15(10-22-23)9-14-3-5-16(6-4-14)26(20,24)25/h3-8,10-11H,9H2,1-2H3,(H2,20,24,25). The van der Waals surface area contributed by atoms with Crippen molar-refractivity contribution < 1.29 is 8.42 Å². The predicted octanol–water partition coefficient (Wildman–Crippen LogP) is 2.74. The van der Waals surface area contributed by atoms with E-state index < -0.39 is 10.0 Å². The van der Waals surface area contributed by atoms with Crippen molar-refractivity contribution in [3.63, 3.8) is 0 Å². The van der Waals surface area contributed by atoms with E-state index in [0.29, 0.717) is 6.42 Å². The maximum absolute atomic E-state index is 11.4. The highest BCUT2D eigenvalue weighted by Crippen LogP contribution is 2.26. The molecule has 2 aromatic carbocycles. The van der Waals surface area contributed by atoms with Crippen LogP contribution < -0.4 is 5.14 Å². The minimum atomic E-state index is -3.68. The Bertz CT molecular complexity index is 1240. The van der Waals surface area contributed by atoms with Gasteiger partial charge in [0.1, 0.15) is 6.33 Å². The van der Waals surface area contributed by atoms with E-state index in [1.54, 1.807) is 23.0 Å². The van der Waals surface area contributed by atoms with Crippen LogP contribution in [0.2, 0.25) is 0 Å². The summed E-state index contributed by atoms with van der Waals surface area (Å²) in [7, 11) is -3.68. The fraction of sp³-hybridized carbons (Fsp3) is 0.158. The number of benzene rings is 2. The topological polar surface area (TPSA) is 90.3 Å². The van der Waals surface area contributed by atoms with E-state index in [4.69, 9.17) is 5.14 Å². The third kappa shape index (κ3) is 2.85. The van der Waals surface area contributed by atoms with Gasteiger partial charge in [-0.25, -0.2) is 23.1 Å². The number of fused-ring (bicyclic) bond motifs is 3. The zero-order chi connectivity index (χ0) is 18.5. The lowest BCUT2D eigenvalue weighted by Crippen LogP contribution is -2.11. The molecule has 4 aromatic rings. The van der Waals surface area contributed by atoms with E-state index in [9.17, 15) is 8.42 Å². The molecule has 26 heavy (non-hydrogen) atoms. The van der Waals surface area contributed by atoms with Crippen LogP contribution in [-0.2, 0) is 16.4 Å². The van der Waals surface area contributed by atoms with Gasteiger partial charge in [-0.3, -0.25) is 0 Å². The van der Waals surface area contributed by atoms with Gasteiger partial charge in [0.15, 0.2) is 0 Å². The van der Waals surface area contributed by atoms with Gasteiger partial charge in [0.05, 0.1) is 22.1 Å². The zero-order valence-electron chi connectivity index (χ0n) is 14.5. The minimum Gasteiger partial charge on any atom is -0.236 e. The number of rotatable bonds is 3. The fourth-order valence-corrected chi connectivity index (χ4v) is 3.66. The lowest BCUT2D eigenvalue weighted by Gasteiger charge is -2.07. The van der Waals surface area contributed by atoms with Crippen LogP contribution in [0.15, 0.2) is 53.8 Å². The van der Waals surface area contributed by atoms with Crippen LogP contribution in [0.3, 0.4) is 0 Å². The molecule has 0 atom stereocenters. The molecule has 132 valence electrons. The van der Waals surface area contributed by atoms with Crippen molar-refractivity contribution in [2.75, 3.05) is 0 Å². The van der Waals surface area contributed by atoms with Gasteiger partial charge in [-0.1, -0.05) is 12.1 Å². The van der Waals surface area contributed by atoms with E-state index in [0.717, 1.165) is 27.5 Å². The Morgan fingerprint density at radius 1 is 1.08 bits per heavy atom. The van der Waals surface area contributed by atoms with Crippen LogP contribution in [0.1, 0.15) is 22.3 Å². The molecular weight excluding hydrogens is 348 g/mol. The first-order valence-electron chi connectivity index (χ1n) is 8.17. The van der Waals surface area contributed by atoms with Gasteiger partial charge in [-0.05, 0) is 54.8 Å².